The van der Waals surface area contributed by atoms with E-state index in [1.807, 2.05) is 32.9 Å². The molecule has 2 aromatic carbocycles. The molecule has 0 amide bonds. The molecule has 1 heterocycles. The van der Waals surface area contributed by atoms with E-state index in [9.17, 15) is 10.1 Å². The molecule has 1 aromatic heterocycles. The Morgan fingerprint density at radius 3 is 2.28 bits per heavy atom. The lowest BCUT2D eigenvalue weighted by molar-refractivity contribution is -0.384. The normalized spacial score (nSPS) is 10.7. The molecule has 3 rings (SSSR count). The third-order valence-electron chi connectivity index (χ3n) is 3.79. The number of aromatic nitrogens is 4. The average Bonchev–Trinajstić information content (AvgIpc) is 2.93. The lowest BCUT2D eigenvalue weighted by Crippen LogP contribution is -2.06. The zero-order chi connectivity index (χ0) is 18.1. The van der Waals surface area contributed by atoms with Crippen LogP contribution in [0.15, 0.2) is 30.3 Å². The van der Waals surface area contributed by atoms with E-state index in [0.717, 1.165) is 22.4 Å². The minimum absolute atomic E-state index is 0.0144. The van der Waals surface area contributed by atoms with Gasteiger partial charge in [-0.2, -0.15) is 4.68 Å². The molecule has 0 spiro atoms. The van der Waals surface area contributed by atoms with Gasteiger partial charge in [-0.3, -0.25) is 10.1 Å². The maximum Gasteiger partial charge on any atom is 0.295 e. The minimum atomic E-state index is -0.401. The van der Waals surface area contributed by atoms with Gasteiger partial charge in [-0.25, -0.2) is 0 Å². The van der Waals surface area contributed by atoms with Gasteiger partial charge in [-0.05, 0) is 79.1 Å². The van der Waals surface area contributed by atoms with Crippen molar-refractivity contribution in [2.75, 3.05) is 5.32 Å². The summed E-state index contributed by atoms with van der Waals surface area (Å²) in [5, 5.41) is 26.1. The van der Waals surface area contributed by atoms with Crippen molar-refractivity contribution >= 4 is 17.3 Å². The monoisotopic (exact) mass is 338 g/mol. The highest BCUT2D eigenvalue weighted by Gasteiger charge is 2.20. The molecule has 8 heteroatoms. The van der Waals surface area contributed by atoms with Gasteiger partial charge >= 0.3 is 0 Å². The number of tetrazole rings is 1. The van der Waals surface area contributed by atoms with Gasteiger partial charge in [0.15, 0.2) is 0 Å². The Bertz CT molecular complexity index is 944. The number of hydrogen-bond acceptors (Lipinski definition) is 6. The molecule has 0 fully saturated rings. The Morgan fingerprint density at radius 1 is 1.00 bits per heavy atom. The third-order valence-corrected chi connectivity index (χ3v) is 3.79. The van der Waals surface area contributed by atoms with Crippen LogP contribution < -0.4 is 5.32 Å². The maximum atomic E-state index is 11.4. The van der Waals surface area contributed by atoms with Crippen LogP contribution in [0, 0.1) is 37.8 Å². The summed E-state index contributed by atoms with van der Waals surface area (Å²) >= 11 is 0. The minimum Gasteiger partial charge on any atom is -0.317 e. The van der Waals surface area contributed by atoms with E-state index in [2.05, 4.69) is 26.9 Å². The first-order chi connectivity index (χ1) is 11.8. The van der Waals surface area contributed by atoms with Crippen LogP contribution in [-0.4, -0.2) is 25.1 Å². The number of nitro groups is 1. The first kappa shape index (κ1) is 16.6. The van der Waals surface area contributed by atoms with Gasteiger partial charge in [0, 0.05) is 5.56 Å². The Labute approximate surface area is 144 Å². The quantitative estimate of drug-likeness (QED) is 0.577. The van der Waals surface area contributed by atoms with E-state index in [0.29, 0.717) is 17.2 Å². The summed E-state index contributed by atoms with van der Waals surface area (Å²) in [7, 11) is 0. The smallest absolute Gasteiger partial charge is 0.295 e. The molecule has 0 saturated carbocycles. The Hall–Kier alpha value is -3.29. The summed E-state index contributed by atoms with van der Waals surface area (Å²) in [6.07, 6.45) is 0. The standard InChI is InChI=1S/C17H18N6O2/c1-10-5-11(2)8-14(7-10)22-17(19-20-21-22)18-15-9-12(3)6-13(4)16(15)23(24)25/h5-9H,1-4H3,(H,18,19,21). The van der Waals surface area contributed by atoms with Crippen LogP contribution in [0.4, 0.5) is 17.3 Å². The van der Waals surface area contributed by atoms with Gasteiger partial charge in [-0.15, -0.1) is 0 Å². The number of nitro benzene ring substituents is 1. The summed E-state index contributed by atoms with van der Waals surface area (Å²) in [5.41, 5.74) is 4.82. The van der Waals surface area contributed by atoms with Crippen molar-refractivity contribution in [2.24, 2.45) is 0 Å². The summed E-state index contributed by atoms with van der Waals surface area (Å²) < 4.78 is 1.53. The van der Waals surface area contributed by atoms with Crippen LogP contribution >= 0.6 is 0 Å². The molecule has 0 aliphatic carbocycles. The van der Waals surface area contributed by atoms with Crippen molar-refractivity contribution < 1.29 is 4.92 Å². The molecular formula is C17H18N6O2. The van der Waals surface area contributed by atoms with Crippen molar-refractivity contribution in [3.8, 4) is 5.69 Å². The summed E-state index contributed by atoms with van der Waals surface area (Å²) in [4.78, 5) is 11.0. The van der Waals surface area contributed by atoms with E-state index in [1.165, 1.54) is 4.68 Å². The molecule has 0 radical (unpaired) electrons. The van der Waals surface area contributed by atoms with Gasteiger partial charge in [-0.1, -0.05) is 11.2 Å². The number of anilines is 2. The highest BCUT2D eigenvalue weighted by atomic mass is 16.6. The van der Waals surface area contributed by atoms with Crippen LogP contribution in [0.5, 0.6) is 0 Å². The van der Waals surface area contributed by atoms with Crippen LogP contribution in [-0.2, 0) is 0 Å². The fraction of sp³-hybridized carbons (Fsp3) is 0.235. The maximum absolute atomic E-state index is 11.4. The SMILES string of the molecule is Cc1cc(C)cc(-n2nnnc2Nc2cc(C)cc(C)c2[N+](=O)[O-])c1. The van der Waals surface area contributed by atoms with E-state index < -0.39 is 4.92 Å². The second-order valence-corrected chi connectivity index (χ2v) is 6.12. The Morgan fingerprint density at radius 2 is 1.64 bits per heavy atom. The second-order valence-electron chi connectivity index (χ2n) is 6.12. The summed E-state index contributed by atoms with van der Waals surface area (Å²) in [5.74, 6) is 0.318. The van der Waals surface area contributed by atoms with Crippen LogP contribution in [0.3, 0.4) is 0 Å². The second kappa shape index (κ2) is 6.31. The Balaban J connectivity index is 2.07. The molecule has 0 bridgehead atoms. The summed E-state index contributed by atoms with van der Waals surface area (Å²) in [6.45, 7) is 7.57. The van der Waals surface area contributed by atoms with Crippen LogP contribution in [0.1, 0.15) is 22.3 Å². The molecular weight excluding hydrogens is 320 g/mol. The lowest BCUT2D eigenvalue weighted by atomic mass is 10.1. The molecule has 1 N–H and O–H groups in total. The van der Waals surface area contributed by atoms with Crippen molar-refractivity contribution in [2.45, 2.75) is 27.7 Å². The van der Waals surface area contributed by atoms with Crippen molar-refractivity contribution in [3.05, 3.63) is 62.7 Å². The molecule has 0 saturated heterocycles. The van der Waals surface area contributed by atoms with Gasteiger partial charge in [0.05, 0.1) is 10.6 Å². The summed E-state index contributed by atoms with van der Waals surface area (Å²) in [6, 6.07) is 9.44. The number of rotatable bonds is 4. The highest BCUT2D eigenvalue weighted by Crippen LogP contribution is 2.32. The van der Waals surface area contributed by atoms with Gasteiger partial charge in [0.25, 0.3) is 11.6 Å². The molecule has 0 atom stereocenters. The predicted molar refractivity (Wildman–Crippen MR) is 94.5 cm³/mol. The van der Waals surface area contributed by atoms with Crippen molar-refractivity contribution in [3.63, 3.8) is 0 Å². The molecule has 8 nitrogen and oxygen atoms in total. The lowest BCUT2D eigenvalue weighted by Gasteiger charge is -2.11. The fourth-order valence-corrected chi connectivity index (χ4v) is 2.93. The van der Waals surface area contributed by atoms with Crippen molar-refractivity contribution in [1.29, 1.82) is 0 Å². The third kappa shape index (κ3) is 3.32. The van der Waals surface area contributed by atoms with Gasteiger partial charge in [0.2, 0.25) is 0 Å². The number of nitrogens with one attached hydrogen (secondary N) is 1. The van der Waals surface area contributed by atoms with E-state index in [-0.39, 0.29) is 5.69 Å². The number of nitrogens with zero attached hydrogens (tertiary/aromatic N) is 5. The number of hydrogen-bond donors (Lipinski definition) is 1. The van der Waals surface area contributed by atoms with E-state index in [4.69, 9.17) is 0 Å². The van der Waals surface area contributed by atoms with Crippen molar-refractivity contribution in [1.82, 2.24) is 20.2 Å². The van der Waals surface area contributed by atoms with E-state index in [1.54, 1.807) is 19.1 Å². The van der Waals surface area contributed by atoms with Gasteiger partial charge in [0.1, 0.15) is 5.69 Å². The van der Waals surface area contributed by atoms with Gasteiger partial charge < -0.3 is 5.32 Å². The average molecular weight is 338 g/mol. The molecule has 0 aliphatic heterocycles. The zero-order valence-corrected chi connectivity index (χ0v) is 14.4. The highest BCUT2D eigenvalue weighted by molar-refractivity contribution is 5.70. The first-order valence-corrected chi connectivity index (χ1v) is 7.75. The Kier molecular flexibility index (Phi) is 4.18. The predicted octanol–water partition coefficient (Wildman–Crippen LogP) is 3.55. The number of aryl methyl sites for hydroxylation is 4. The van der Waals surface area contributed by atoms with Crippen LogP contribution in [0.2, 0.25) is 0 Å². The number of benzene rings is 2. The first-order valence-electron chi connectivity index (χ1n) is 7.75. The molecule has 0 unspecified atom stereocenters. The van der Waals surface area contributed by atoms with E-state index >= 15 is 0 Å². The molecule has 25 heavy (non-hydrogen) atoms. The zero-order valence-electron chi connectivity index (χ0n) is 14.4. The van der Waals surface area contributed by atoms with Crippen LogP contribution in [0.25, 0.3) is 5.69 Å². The topological polar surface area (TPSA) is 98.8 Å². The fourth-order valence-electron chi connectivity index (χ4n) is 2.93. The largest absolute Gasteiger partial charge is 0.317 e. The molecule has 3 aromatic rings. The molecule has 128 valence electrons. The molecule has 0 aliphatic rings.